The van der Waals surface area contributed by atoms with Crippen LogP contribution in [-0.4, -0.2) is 70.0 Å². The van der Waals surface area contributed by atoms with Gasteiger partial charge in [-0.1, -0.05) is 13.3 Å². The summed E-state index contributed by atoms with van der Waals surface area (Å²) in [5.41, 5.74) is -0.495. The number of nitrogens with zero attached hydrogens (tertiary/aromatic N) is 2. The Balaban J connectivity index is 2.56. The zero-order valence-electron chi connectivity index (χ0n) is 19.4. The Morgan fingerprint density at radius 1 is 1.31 bits per heavy atom. The molecule has 0 bridgehead atoms. The third-order valence-electron chi connectivity index (χ3n) is 5.13. The summed E-state index contributed by atoms with van der Waals surface area (Å²) in [7, 11) is 1.03. The van der Waals surface area contributed by atoms with Gasteiger partial charge in [-0.3, -0.25) is 9.20 Å². The predicted octanol–water partition coefficient (Wildman–Crippen LogP) is 3.27. The average molecular weight is 431 g/mol. The van der Waals surface area contributed by atoms with Crippen LogP contribution >= 0.6 is 0 Å². The van der Waals surface area contributed by atoms with E-state index in [4.69, 9.17) is 9.73 Å². The van der Waals surface area contributed by atoms with Crippen molar-refractivity contribution in [2.75, 3.05) is 25.9 Å². The maximum Gasteiger partial charge on any atom is 0.410 e. The van der Waals surface area contributed by atoms with Crippen molar-refractivity contribution in [3.8, 4) is 0 Å². The summed E-state index contributed by atoms with van der Waals surface area (Å²) in [5.74, 6) is 1.53. The van der Waals surface area contributed by atoms with Gasteiger partial charge in [0.2, 0.25) is 0 Å². The van der Waals surface area contributed by atoms with Crippen molar-refractivity contribution in [1.29, 1.82) is 0 Å². The number of carbonyl (C=O) groups is 1. The number of ether oxygens (including phenoxy) is 1. The first-order valence-corrected chi connectivity index (χ1v) is 12.3. The second kappa shape index (κ2) is 12.4. The van der Waals surface area contributed by atoms with Crippen molar-refractivity contribution >= 4 is 22.9 Å². The summed E-state index contributed by atoms with van der Waals surface area (Å²) in [6.07, 6.45) is 4.62. The third kappa shape index (κ3) is 9.83. The Labute approximate surface area is 179 Å². The highest BCUT2D eigenvalue weighted by molar-refractivity contribution is 7.85. The summed E-state index contributed by atoms with van der Waals surface area (Å²) in [5, 5.41) is 7.11. The number of guanidine groups is 1. The first-order chi connectivity index (χ1) is 13.6. The maximum atomic E-state index is 12.2. The van der Waals surface area contributed by atoms with Gasteiger partial charge >= 0.3 is 6.09 Å². The van der Waals surface area contributed by atoms with Crippen LogP contribution in [0, 0.1) is 0 Å². The van der Waals surface area contributed by atoms with E-state index in [2.05, 4.69) is 10.6 Å². The number of carbonyl (C=O) groups excluding carboxylic acids is 1. The summed E-state index contributed by atoms with van der Waals surface area (Å²) in [6.45, 7) is 13.1. The van der Waals surface area contributed by atoms with Crippen molar-refractivity contribution in [2.45, 2.75) is 96.6 Å². The topological polar surface area (TPSA) is 83.0 Å². The molecule has 1 rings (SSSR count). The molecule has 0 aromatic carbocycles. The van der Waals surface area contributed by atoms with Crippen LogP contribution in [0.2, 0.25) is 0 Å². The van der Waals surface area contributed by atoms with Crippen molar-refractivity contribution in [2.24, 2.45) is 4.99 Å². The Bertz CT molecular complexity index is 563. The molecule has 0 heterocycles. The van der Waals surface area contributed by atoms with E-state index >= 15 is 0 Å². The van der Waals surface area contributed by atoms with Crippen LogP contribution < -0.4 is 10.6 Å². The SMILES string of the molecule is CCNC(=NCCC(C)N(C)C(=O)OC(C)(C)C)NC1CCCC(S(=O)CC)C1. The molecule has 170 valence electrons. The van der Waals surface area contributed by atoms with E-state index in [9.17, 15) is 9.00 Å². The summed E-state index contributed by atoms with van der Waals surface area (Å²) in [6, 6.07) is 0.339. The number of hydrogen-bond donors (Lipinski definition) is 2. The fourth-order valence-corrected chi connectivity index (χ4v) is 4.68. The van der Waals surface area contributed by atoms with E-state index in [1.54, 1.807) is 11.9 Å². The predicted molar refractivity (Wildman–Crippen MR) is 122 cm³/mol. The second-order valence-corrected chi connectivity index (χ2v) is 10.8. The van der Waals surface area contributed by atoms with Gasteiger partial charge in [-0.2, -0.15) is 0 Å². The van der Waals surface area contributed by atoms with E-state index in [-0.39, 0.29) is 17.4 Å². The number of rotatable bonds is 8. The number of hydrogen-bond acceptors (Lipinski definition) is 4. The molecule has 0 radical (unpaired) electrons. The molecule has 8 heteroatoms. The van der Waals surface area contributed by atoms with E-state index in [1.165, 1.54) is 0 Å². The minimum Gasteiger partial charge on any atom is -0.444 e. The van der Waals surface area contributed by atoms with Gasteiger partial charge in [0.1, 0.15) is 5.60 Å². The van der Waals surface area contributed by atoms with E-state index in [0.717, 1.165) is 50.4 Å². The quantitative estimate of drug-likeness (QED) is 0.456. The fourth-order valence-electron chi connectivity index (χ4n) is 3.33. The van der Waals surface area contributed by atoms with Gasteiger partial charge in [0.05, 0.1) is 0 Å². The highest BCUT2D eigenvalue weighted by atomic mass is 32.2. The van der Waals surface area contributed by atoms with Gasteiger partial charge < -0.3 is 20.3 Å². The minimum atomic E-state index is -0.731. The Morgan fingerprint density at radius 2 is 2.00 bits per heavy atom. The molecular weight excluding hydrogens is 388 g/mol. The molecule has 0 aromatic rings. The van der Waals surface area contributed by atoms with Crippen molar-refractivity contribution in [3.05, 3.63) is 0 Å². The molecule has 1 amide bonds. The van der Waals surface area contributed by atoms with Crippen molar-refractivity contribution < 1.29 is 13.7 Å². The lowest BCUT2D eigenvalue weighted by atomic mass is 9.95. The van der Waals surface area contributed by atoms with E-state index < -0.39 is 16.4 Å². The zero-order valence-corrected chi connectivity index (χ0v) is 20.2. The van der Waals surface area contributed by atoms with Crippen LogP contribution in [-0.2, 0) is 15.5 Å². The van der Waals surface area contributed by atoms with Crippen molar-refractivity contribution in [3.63, 3.8) is 0 Å². The molecule has 0 aliphatic heterocycles. The molecule has 1 aliphatic rings. The van der Waals surface area contributed by atoms with Crippen LogP contribution in [0.5, 0.6) is 0 Å². The number of aliphatic imine (C=N–C) groups is 1. The number of nitrogens with one attached hydrogen (secondary N) is 2. The standard InChI is InChI=1S/C21H42N4O3S/c1-8-22-19(24-17-11-10-12-18(15-17)29(27)9-2)23-14-13-16(3)25(7)20(26)28-21(4,5)6/h16-18H,8-15H2,1-7H3,(H2,22,23,24). The molecule has 1 aliphatic carbocycles. The molecule has 1 fully saturated rings. The molecule has 1 saturated carbocycles. The highest BCUT2D eigenvalue weighted by Crippen LogP contribution is 2.23. The number of amides is 1. The lowest BCUT2D eigenvalue weighted by molar-refractivity contribution is 0.0231. The largest absolute Gasteiger partial charge is 0.444 e. The van der Waals surface area contributed by atoms with Crippen LogP contribution in [0.15, 0.2) is 4.99 Å². The van der Waals surface area contributed by atoms with Gasteiger partial charge in [-0.05, 0) is 60.3 Å². The van der Waals surface area contributed by atoms with Gasteiger partial charge in [0, 0.05) is 54.0 Å². The van der Waals surface area contributed by atoms with E-state index in [0.29, 0.717) is 12.6 Å². The van der Waals surface area contributed by atoms with Crippen LogP contribution in [0.25, 0.3) is 0 Å². The lowest BCUT2D eigenvalue weighted by Crippen LogP contribution is -2.46. The van der Waals surface area contributed by atoms with Crippen molar-refractivity contribution in [1.82, 2.24) is 15.5 Å². The third-order valence-corrected chi connectivity index (χ3v) is 6.87. The fraction of sp³-hybridized carbons (Fsp3) is 0.905. The van der Waals surface area contributed by atoms with Crippen LogP contribution in [0.3, 0.4) is 0 Å². The van der Waals surface area contributed by atoms with Crippen LogP contribution in [0.1, 0.15) is 73.6 Å². The second-order valence-electron chi connectivity index (χ2n) is 8.79. The normalized spacial score (nSPS) is 22.5. The maximum absolute atomic E-state index is 12.2. The monoisotopic (exact) mass is 430 g/mol. The molecule has 4 atom stereocenters. The first kappa shape index (κ1) is 25.7. The Kier molecular flexibility index (Phi) is 11.0. The Hall–Kier alpha value is -1.31. The molecule has 0 spiro atoms. The summed E-state index contributed by atoms with van der Waals surface area (Å²) >= 11 is 0. The molecule has 0 saturated heterocycles. The molecule has 29 heavy (non-hydrogen) atoms. The smallest absolute Gasteiger partial charge is 0.410 e. The van der Waals surface area contributed by atoms with Gasteiger partial charge in [0.25, 0.3) is 0 Å². The van der Waals surface area contributed by atoms with E-state index in [1.807, 2.05) is 41.5 Å². The van der Waals surface area contributed by atoms with Crippen LogP contribution in [0.4, 0.5) is 4.79 Å². The summed E-state index contributed by atoms with van der Waals surface area (Å²) < 4.78 is 17.6. The van der Waals surface area contributed by atoms with Gasteiger partial charge in [-0.25, -0.2) is 4.79 Å². The highest BCUT2D eigenvalue weighted by Gasteiger charge is 2.26. The minimum absolute atomic E-state index is 0.0301. The molecule has 4 unspecified atom stereocenters. The molecular formula is C21H42N4O3S. The summed E-state index contributed by atoms with van der Waals surface area (Å²) in [4.78, 5) is 18.5. The molecule has 0 aromatic heterocycles. The first-order valence-electron chi connectivity index (χ1n) is 10.9. The van der Waals surface area contributed by atoms with Gasteiger partial charge in [0.15, 0.2) is 5.96 Å². The Morgan fingerprint density at radius 3 is 2.59 bits per heavy atom. The average Bonchev–Trinajstić information content (AvgIpc) is 2.65. The lowest BCUT2D eigenvalue weighted by Gasteiger charge is -2.30. The zero-order chi connectivity index (χ0) is 22.0. The molecule has 2 N–H and O–H groups in total. The van der Waals surface area contributed by atoms with Gasteiger partial charge in [-0.15, -0.1) is 0 Å². The molecule has 7 nitrogen and oxygen atoms in total.